The van der Waals surface area contributed by atoms with Crippen molar-refractivity contribution in [1.82, 2.24) is 5.32 Å². The number of hydrogen-bond acceptors (Lipinski definition) is 2. The third-order valence-corrected chi connectivity index (χ3v) is 2.41. The molecule has 3 N–H and O–H groups in total. The smallest absolute Gasteiger partial charge is 0.00990 e. The van der Waals surface area contributed by atoms with E-state index in [9.17, 15) is 0 Å². The van der Waals surface area contributed by atoms with Gasteiger partial charge in [-0.05, 0) is 46.5 Å². The summed E-state index contributed by atoms with van der Waals surface area (Å²) in [6, 6.07) is 1.16. The van der Waals surface area contributed by atoms with Crippen LogP contribution in [0.15, 0.2) is 0 Å². The zero-order valence-corrected chi connectivity index (χ0v) is 8.56. The summed E-state index contributed by atoms with van der Waals surface area (Å²) in [6.45, 7) is 6.67. The van der Waals surface area contributed by atoms with Crippen LogP contribution in [0.2, 0.25) is 0 Å². The fraction of sp³-hybridized carbons (Fsp3) is 1.00. The molecule has 0 bridgehead atoms. The van der Waals surface area contributed by atoms with Crippen molar-refractivity contribution in [3.8, 4) is 0 Å². The first kappa shape index (κ1) is 10.0. The Bertz CT molecular complexity index is 129. The van der Waals surface area contributed by atoms with Crippen LogP contribution in [0, 0.1) is 0 Å². The lowest BCUT2D eigenvalue weighted by Crippen LogP contribution is -2.46. The van der Waals surface area contributed by atoms with Crippen LogP contribution in [0.5, 0.6) is 0 Å². The van der Waals surface area contributed by atoms with E-state index in [1.807, 2.05) is 0 Å². The SMILES string of the molecule is CC(C)(C)N[C@H]1CC[C@@H](N)CC1. The minimum absolute atomic E-state index is 0.256. The molecule has 0 atom stereocenters. The normalized spacial score (nSPS) is 32.0. The zero-order valence-electron chi connectivity index (χ0n) is 8.56. The Balaban J connectivity index is 2.26. The molecule has 72 valence electrons. The van der Waals surface area contributed by atoms with Gasteiger partial charge < -0.3 is 11.1 Å². The van der Waals surface area contributed by atoms with Crippen LogP contribution >= 0.6 is 0 Å². The summed E-state index contributed by atoms with van der Waals surface area (Å²) in [5.74, 6) is 0. The first-order chi connectivity index (χ1) is 5.47. The van der Waals surface area contributed by atoms with E-state index in [-0.39, 0.29) is 5.54 Å². The fourth-order valence-electron chi connectivity index (χ4n) is 1.88. The molecule has 0 heterocycles. The van der Waals surface area contributed by atoms with Crippen LogP contribution in [0.1, 0.15) is 46.5 Å². The molecule has 0 aromatic heterocycles. The van der Waals surface area contributed by atoms with E-state index in [2.05, 4.69) is 26.1 Å². The molecule has 1 fully saturated rings. The zero-order chi connectivity index (χ0) is 9.19. The molecule has 1 saturated carbocycles. The molecule has 2 heteroatoms. The molecule has 0 aliphatic heterocycles. The minimum Gasteiger partial charge on any atom is -0.328 e. The van der Waals surface area contributed by atoms with Gasteiger partial charge in [-0.3, -0.25) is 0 Å². The van der Waals surface area contributed by atoms with Crippen LogP contribution < -0.4 is 11.1 Å². The van der Waals surface area contributed by atoms with E-state index in [4.69, 9.17) is 5.73 Å². The predicted molar refractivity (Wildman–Crippen MR) is 53.1 cm³/mol. The second-order valence-corrected chi connectivity index (χ2v) is 5.01. The Morgan fingerprint density at radius 2 is 1.58 bits per heavy atom. The molecular weight excluding hydrogens is 148 g/mol. The van der Waals surface area contributed by atoms with Crippen molar-refractivity contribution in [2.24, 2.45) is 5.73 Å². The van der Waals surface area contributed by atoms with Crippen LogP contribution in [-0.4, -0.2) is 17.6 Å². The van der Waals surface area contributed by atoms with Gasteiger partial charge in [0.15, 0.2) is 0 Å². The Kier molecular flexibility index (Phi) is 3.13. The highest BCUT2D eigenvalue weighted by Gasteiger charge is 2.21. The van der Waals surface area contributed by atoms with E-state index < -0.39 is 0 Å². The summed E-state index contributed by atoms with van der Waals surface area (Å²) in [5, 5.41) is 3.62. The van der Waals surface area contributed by atoms with Crippen molar-refractivity contribution in [3.63, 3.8) is 0 Å². The van der Waals surface area contributed by atoms with Gasteiger partial charge in [0.25, 0.3) is 0 Å². The molecule has 0 radical (unpaired) electrons. The minimum atomic E-state index is 0.256. The molecule has 0 aromatic rings. The highest BCUT2D eigenvalue weighted by molar-refractivity contribution is 4.83. The molecule has 0 unspecified atom stereocenters. The lowest BCUT2D eigenvalue weighted by Gasteiger charge is -2.33. The van der Waals surface area contributed by atoms with E-state index >= 15 is 0 Å². The summed E-state index contributed by atoms with van der Waals surface area (Å²) in [7, 11) is 0. The number of nitrogens with one attached hydrogen (secondary N) is 1. The van der Waals surface area contributed by atoms with Crippen LogP contribution in [0.4, 0.5) is 0 Å². The molecular formula is C10H22N2. The number of hydrogen-bond donors (Lipinski definition) is 2. The number of nitrogens with two attached hydrogens (primary N) is 1. The largest absolute Gasteiger partial charge is 0.328 e. The lowest BCUT2D eigenvalue weighted by molar-refractivity contribution is 0.280. The molecule has 0 amide bonds. The maximum atomic E-state index is 5.83. The summed E-state index contributed by atoms with van der Waals surface area (Å²) in [6.07, 6.45) is 4.87. The molecule has 0 spiro atoms. The van der Waals surface area contributed by atoms with Crippen LogP contribution in [-0.2, 0) is 0 Å². The van der Waals surface area contributed by atoms with E-state index in [0.717, 1.165) is 0 Å². The van der Waals surface area contributed by atoms with Gasteiger partial charge in [0, 0.05) is 17.6 Å². The van der Waals surface area contributed by atoms with E-state index in [1.165, 1.54) is 25.7 Å². The van der Waals surface area contributed by atoms with Gasteiger partial charge in [0.2, 0.25) is 0 Å². The summed E-state index contributed by atoms with van der Waals surface area (Å²) < 4.78 is 0. The van der Waals surface area contributed by atoms with Crippen LogP contribution in [0.25, 0.3) is 0 Å². The topological polar surface area (TPSA) is 38.0 Å². The van der Waals surface area contributed by atoms with E-state index in [0.29, 0.717) is 12.1 Å². The molecule has 2 nitrogen and oxygen atoms in total. The van der Waals surface area contributed by atoms with Gasteiger partial charge in [-0.25, -0.2) is 0 Å². The van der Waals surface area contributed by atoms with E-state index in [1.54, 1.807) is 0 Å². The first-order valence-corrected chi connectivity index (χ1v) is 5.01. The highest BCUT2D eigenvalue weighted by atomic mass is 15.0. The van der Waals surface area contributed by atoms with Gasteiger partial charge in [-0.2, -0.15) is 0 Å². The molecule has 0 saturated heterocycles. The Morgan fingerprint density at radius 1 is 1.08 bits per heavy atom. The van der Waals surface area contributed by atoms with Gasteiger partial charge in [0.05, 0.1) is 0 Å². The predicted octanol–water partition coefficient (Wildman–Crippen LogP) is 1.64. The van der Waals surface area contributed by atoms with Crippen molar-refractivity contribution >= 4 is 0 Å². The average molecular weight is 170 g/mol. The number of rotatable bonds is 1. The van der Waals surface area contributed by atoms with Crippen LogP contribution in [0.3, 0.4) is 0 Å². The molecule has 0 aromatic carbocycles. The van der Waals surface area contributed by atoms with Gasteiger partial charge in [0.1, 0.15) is 0 Å². The highest BCUT2D eigenvalue weighted by Crippen LogP contribution is 2.18. The third kappa shape index (κ3) is 3.55. The third-order valence-electron chi connectivity index (χ3n) is 2.41. The standard InChI is InChI=1S/C10H22N2/c1-10(2,3)12-9-6-4-8(11)5-7-9/h8-9,12H,4-7,11H2,1-3H3/t8-,9+. The monoisotopic (exact) mass is 170 g/mol. The second kappa shape index (κ2) is 3.75. The summed E-state index contributed by atoms with van der Waals surface area (Å²) in [4.78, 5) is 0. The molecule has 1 aliphatic carbocycles. The lowest BCUT2D eigenvalue weighted by atomic mass is 9.90. The van der Waals surface area contributed by atoms with Crippen molar-refractivity contribution < 1.29 is 0 Å². The van der Waals surface area contributed by atoms with Gasteiger partial charge in [-0.1, -0.05) is 0 Å². The van der Waals surface area contributed by atoms with Gasteiger partial charge >= 0.3 is 0 Å². The second-order valence-electron chi connectivity index (χ2n) is 5.01. The average Bonchev–Trinajstić information content (AvgIpc) is 1.91. The summed E-state index contributed by atoms with van der Waals surface area (Å²) >= 11 is 0. The molecule has 12 heavy (non-hydrogen) atoms. The summed E-state index contributed by atoms with van der Waals surface area (Å²) in [5.41, 5.74) is 6.09. The fourth-order valence-corrected chi connectivity index (χ4v) is 1.88. The van der Waals surface area contributed by atoms with Crippen molar-refractivity contribution in [3.05, 3.63) is 0 Å². The molecule has 1 rings (SSSR count). The Morgan fingerprint density at radius 3 is 2.00 bits per heavy atom. The van der Waals surface area contributed by atoms with Gasteiger partial charge in [-0.15, -0.1) is 0 Å². The van der Waals surface area contributed by atoms with Crippen molar-refractivity contribution in [2.75, 3.05) is 0 Å². The Labute approximate surface area is 75.9 Å². The maximum Gasteiger partial charge on any atom is 0.00990 e. The molecule has 1 aliphatic rings. The Hall–Kier alpha value is -0.0800. The van der Waals surface area contributed by atoms with Crippen molar-refractivity contribution in [2.45, 2.75) is 64.1 Å². The maximum absolute atomic E-state index is 5.83. The quantitative estimate of drug-likeness (QED) is 0.628. The van der Waals surface area contributed by atoms with Crippen molar-refractivity contribution in [1.29, 1.82) is 0 Å². The first-order valence-electron chi connectivity index (χ1n) is 5.01.